The Balaban J connectivity index is 2.93. The first-order chi connectivity index (χ1) is 7.13. The van der Waals surface area contributed by atoms with Gasteiger partial charge in [-0.25, -0.2) is 8.78 Å². The van der Waals surface area contributed by atoms with Crippen LogP contribution in [0.4, 0.5) is 8.78 Å². The molecule has 0 atom stereocenters. The van der Waals surface area contributed by atoms with Gasteiger partial charge in [0.15, 0.2) is 11.6 Å². The smallest absolute Gasteiger partial charge is 0.170 e. The summed E-state index contributed by atoms with van der Waals surface area (Å²) < 4.78 is 26.1. The van der Waals surface area contributed by atoms with Crippen LogP contribution in [0.1, 0.15) is 5.56 Å². The van der Waals surface area contributed by atoms with Crippen molar-refractivity contribution in [3.05, 3.63) is 41.5 Å². The molecular weight excluding hydrogens is 200 g/mol. The second-order valence-corrected chi connectivity index (χ2v) is 3.07. The molecule has 0 aliphatic heterocycles. The minimum atomic E-state index is -1.10. The van der Waals surface area contributed by atoms with Crippen LogP contribution in [0.5, 0.6) is 5.75 Å². The highest BCUT2D eigenvalue weighted by molar-refractivity contribution is 5.90. The predicted molar refractivity (Wildman–Crippen MR) is 50.2 cm³/mol. The van der Waals surface area contributed by atoms with Gasteiger partial charge in [0.1, 0.15) is 5.75 Å². The van der Waals surface area contributed by atoms with Crippen molar-refractivity contribution in [2.24, 2.45) is 0 Å². The van der Waals surface area contributed by atoms with Gasteiger partial charge in [0, 0.05) is 0 Å². The summed E-state index contributed by atoms with van der Waals surface area (Å²) >= 11 is 0. The molecule has 15 heavy (non-hydrogen) atoms. The van der Waals surface area contributed by atoms with E-state index in [0.717, 1.165) is 12.1 Å². The van der Waals surface area contributed by atoms with E-state index in [1.165, 1.54) is 12.1 Å². The zero-order chi connectivity index (χ0) is 11.0. The van der Waals surface area contributed by atoms with E-state index in [2.05, 4.69) is 0 Å². The molecule has 0 amide bonds. The van der Waals surface area contributed by atoms with Gasteiger partial charge in [-0.1, -0.05) is 6.07 Å². The van der Waals surface area contributed by atoms with E-state index in [1.807, 2.05) is 6.07 Å². The van der Waals surface area contributed by atoms with Crippen LogP contribution in [0.3, 0.4) is 0 Å². The average molecular weight is 205 g/mol. The predicted octanol–water partition coefficient (Wildman–Crippen LogP) is 2.70. The third-order valence-electron chi connectivity index (χ3n) is 2.12. The number of hydrogen-bond acceptors (Lipinski definition) is 2. The van der Waals surface area contributed by atoms with Gasteiger partial charge in [-0.2, -0.15) is 5.26 Å². The Bertz CT molecular complexity index is 587. The summed E-state index contributed by atoms with van der Waals surface area (Å²) in [5, 5.41) is 18.1. The van der Waals surface area contributed by atoms with Crippen molar-refractivity contribution in [1.29, 1.82) is 5.26 Å². The number of phenolic OH excluding ortho intramolecular Hbond substituents is 1. The highest BCUT2D eigenvalue weighted by atomic mass is 19.2. The Morgan fingerprint density at radius 1 is 1.20 bits per heavy atom. The first-order valence-electron chi connectivity index (χ1n) is 4.14. The van der Waals surface area contributed by atoms with Gasteiger partial charge in [-0.15, -0.1) is 0 Å². The van der Waals surface area contributed by atoms with Gasteiger partial charge in [-0.3, -0.25) is 0 Å². The lowest BCUT2D eigenvalue weighted by atomic mass is 10.1. The molecule has 0 saturated carbocycles. The average Bonchev–Trinajstić information content (AvgIpc) is 2.23. The zero-order valence-corrected chi connectivity index (χ0v) is 7.46. The number of nitrogens with zero attached hydrogens (tertiary/aromatic N) is 1. The molecule has 4 heteroatoms. The number of nitriles is 1. The first kappa shape index (κ1) is 9.41. The van der Waals surface area contributed by atoms with Gasteiger partial charge < -0.3 is 5.11 Å². The fourth-order valence-corrected chi connectivity index (χ4v) is 1.44. The van der Waals surface area contributed by atoms with Crippen molar-refractivity contribution >= 4 is 10.8 Å². The molecule has 2 aromatic rings. The normalized spacial score (nSPS) is 10.2. The van der Waals surface area contributed by atoms with Crippen molar-refractivity contribution < 1.29 is 13.9 Å². The maximum Gasteiger partial charge on any atom is 0.170 e. The van der Waals surface area contributed by atoms with Crippen molar-refractivity contribution in [3.63, 3.8) is 0 Å². The highest BCUT2D eigenvalue weighted by Crippen LogP contribution is 2.29. The molecule has 2 aromatic carbocycles. The molecule has 2 rings (SSSR count). The molecule has 2 nitrogen and oxygen atoms in total. The van der Waals surface area contributed by atoms with Crippen LogP contribution >= 0.6 is 0 Å². The molecule has 0 aromatic heterocycles. The lowest BCUT2D eigenvalue weighted by Gasteiger charge is -2.03. The number of fused-ring (bicyclic) bond motifs is 1. The Morgan fingerprint density at radius 2 is 1.93 bits per heavy atom. The van der Waals surface area contributed by atoms with Gasteiger partial charge in [0.25, 0.3) is 0 Å². The van der Waals surface area contributed by atoms with E-state index in [9.17, 15) is 13.9 Å². The molecule has 0 aliphatic rings. The summed E-state index contributed by atoms with van der Waals surface area (Å²) in [6, 6.07) is 6.58. The largest absolute Gasteiger partial charge is 0.507 e. The summed E-state index contributed by atoms with van der Waals surface area (Å²) in [6.45, 7) is 0. The molecule has 0 saturated heterocycles. The lowest BCUT2D eigenvalue weighted by Crippen LogP contribution is -1.87. The van der Waals surface area contributed by atoms with Crippen LogP contribution < -0.4 is 0 Å². The molecule has 0 bridgehead atoms. The van der Waals surface area contributed by atoms with Crippen LogP contribution in [0.2, 0.25) is 0 Å². The fraction of sp³-hybridized carbons (Fsp3) is 0. The number of rotatable bonds is 0. The summed E-state index contributed by atoms with van der Waals surface area (Å²) in [5.74, 6) is -2.56. The Labute approximate surface area is 84.0 Å². The van der Waals surface area contributed by atoms with Gasteiger partial charge in [0.2, 0.25) is 0 Å². The molecule has 1 N–H and O–H groups in total. The van der Waals surface area contributed by atoms with Crippen molar-refractivity contribution in [3.8, 4) is 11.8 Å². The maximum absolute atomic E-state index is 13.3. The summed E-state index contributed by atoms with van der Waals surface area (Å²) in [6.07, 6.45) is 0. The number of benzene rings is 2. The molecule has 0 fully saturated rings. The molecule has 0 spiro atoms. The van der Waals surface area contributed by atoms with Crippen molar-refractivity contribution in [1.82, 2.24) is 0 Å². The minimum Gasteiger partial charge on any atom is -0.507 e. The third kappa shape index (κ3) is 1.38. The van der Waals surface area contributed by atoms with Gasteiger partial charge in [0.05, 0.1) is 17.0 Å². The number of hydrogen-bond donors (Lipinski definition) is 1. The molecular formula is C11H5F2NO. The van der Waals surface area contributed by atoms with Crippen molar-refractivity contribution in [2.45, 2.75) is 0 Å². The lowest BCUT2D eigenvalue weighted by molar-refractivity contribution is 0.472. The Hall–Kier alpha value is -2.15. The van der Waals surface area contributed by atoms with E-state index < -0.39 is 17.4 Å². The van der Waals surface area contributed by atoms with E-state index in [-0.39, 0.29) is 10.9 Å². The van der Waals surface area contributed by atoms with E-state index in [0.29, 0.717) is 5.39 Å². The van der Waals surface area contributed by atoms with Gasteiger partial charge in [-0.05, 0) is 23.6 Å². The Kier molecular flexibility index (Phi) is 2.01. The number of halogens is 2. The standard InChI is InChI=1S/C11H5F2NO/c12-8-2-1-7-3-6(5-14)4-9(15)10(7)11(8)13/h1-4,15H. The van der Waals surface area contributed by atoms with Crippen LogP contribution in [0.15, 0.2) is 24.3 Å². The third-order valence-corrected chi connectivity index (χ3v) is 2.12. The molecule has 0 heterocycles. The number of aromatic hydroxyl groups is 1. The van der Waals surface area contributed by atoms with Gasteiger partial charge >= 0.3 is 0 Å². The van der Waals surface area contributed by atoms with Crippen LogP contribution in [-0.2, 0) is 0 Å². The quantitative estimate of drug-likeness (QED) is 0.718. The molecule has 74 valence electrons. The summed E-state index contributed by atoms with van der Waals surface area (Å²) in [4.78, 5) is 0. The zero-order valence-electron chi connectivity index (χ0n) is 7.46. The fourth-order valence-electron chi connectivity index (χ4n) is 1.44. The molecule has 0 aliphatic carbocycles. The second-order valence-electron chi connectivity index (χ2n) is 3.07. The van der Waals surface area contributed by atoms with Crippen LogP contribution in [0.25, 0.3) is 10.8 Å². The topological polar surface area (TPSA) is 44.0 Å². The Morgan fingerprint density at radius 3 is 2.60 bits per heavy atom. The SMILES string of the molecule is N#Cc1cc(O)c2c(F)c(F)ccc2c1. The second kappa shape index (κ2) is 3.21. The molecule has 0 radical (unpaired) electrons. The van der Waals surface area contributed by atoms with E-state index in [4.69, 9.17) is 5.26 Å². The first-order valence-corrected chi connectivity index (χ1v) is 4.14. The van der Waals surface area contributed by atoms with Crippen LogP contribution in [-0.4, -0.2) is 5.11 Å². The number of phenols is 1. The summed E-state index contributed by atoms with van der Waals surface area (Å²) in [7, 11) is 0. The maximum atomic E-state index is 13.3. The highest BCUT2D eigenvalue weighted by Gasteiger charge is 2.11. The van der Waals surface area contributed by atoms with E-state index in [1.54, 1.807) is 0 Å². The molecule has 0 unspecified atom stereocenters. The monoisotopic (exact) mass is 205 g/mol. The van der Waals surface area contributed by atoms with Crippen LogP contribution in [0, 0.1) is 23.0 Å². The summed E-state index contributed by atoms with van der Waals surface area (Å²) in [5.41, 5.74) is 0.200. The minimum absolute atomic E-state index is 0.200. The van der Waals surface area contributed by atoms with E-state index >= 15 is 0 Å². The van der Waals surface area contributed by atoms with Crippen molar-refractivity contribution in [2.75, 3.05) is 0 Å².